The molecule has 1 aromatic rings. The fourth-order valence-corrected chi connectivity index (χ4v) is 2.98. The quantitative estimate of drug-likeness (QED) is 0.900. The van der Waals surface area contributed by atoms with Crippen molar-refractivity contribution in [3.63, 3.8) is 0 Å². The van der Waals surface area contributed by atoms with Gasteiger partial charge in [0.1, 0.15) is 11.3 Å². The first kappa shape index (κ1) is 15.5. The normalized spacial score (nSPS) is 19.7. The first-order valence-corrected chi connectivity index (χ1v) is 6.93. The maximum Gasteiger partial charge on any atom is 0.341 e. The minimum Gasteiger partial charge on any atom is -0.477 e. The molecule has 0 bridgehead atoms. The van der Waals surface area contributed by atoms with Crippen LogP contribution in [0.3, 0.4) is 0 Å². The zero-order valence-corrected chi connectivity index (χ0v) is 13.0. The van der Waals surface area contributed by atoms with Crippen molar-refractivity contribution in [1.82, 2.24) is 5.16 Å². The summed E-state index contributed by atoms with van der Waals surface area (Å²) in [6, 6.07) is 0. The molecule has 1 aliphatic carbocycles. The number of hydrogen-bond donors (Lipinski definition) is 1. The summed E-state index contributed by atoms with van der Waals surface area (Å²) in [5, 5.41) is 13.3. The summed E-state index contributed by atoms with van der Waals surface area (Å²) in [5.41, 5.74) is 1.18. The second-order valence-electron chi connectivity index (χ2n) is 6.21. The number of hydrogen-bond acceptors (Lipinski definition) is 3. The summed E-state index contributed by atoms with van der Waals surface area (Å²) < 4.78 is 19.2. The Kier molecular flexibility index (Phi) is 3.78. The van der Waals surface area contributed by atoms with E-state index in [4.69, 9.17) is 4.52 Å². The van der Waals surface area contributed by atoms with Crippen LogP contribution in [-0.2, 0) is 5.67 Å². The number of nitrogens with zero attached hydrogens (tertiary/aromatic N) is 1. The van der Waals surface area contributed by atoms with E-state index in [2.05, 4.69) is 5.16 Å². The van der Waals surface area contributed by atoms with Gasteiger partial charge in [0, 0.05) is 0 Å². The van der Waals surface area contributed by atoms with Gasteiger partial charge in [-0.1, -0.05) is 23.7 Å². The van der Waals surface area contributed by atoms with Gasteiger partial charge in [0.15, 0.2) is 11.4 Å². The Balaban J connectivity index is 2.68. The zero-order chi connectivity index (χ0) is 15.9. The van der Waals surface area contributed by atoms with E-state index in [0.29, 0.717) is 0 Å². The van der Waals surface area contributed by atoms with Gasteiger partial charge in [-0.05, 0) is 51.2 Å². The summed E-state index contributed by atoms with van der Waals surface area (Å²) in [6.07, 6.45) is 2.84. The van der Waals surface area contributed by atoms with Crippen molar-refractivity contribution in [2.45, 2.75) is 46.7 Å². The zero-order valence-electron chi connectivity index (χ0n) is 13.0. The van der Waals surface area contributed by atoms with Crippen LogP contribution in [0.15, 0.2) is 21.7 Å². The SMILES string of the molecule is CC1=CC(C)=C(c2noc(C(C)(C)F)c2C(=O)O)C(C)C1. The highest BCUT2D eigenvalue weighted by Crippen LogP contribution is 2.40. The van der Waals surface area contributed by atoms with Crippen LogP contribution in [0.4, 0.5) is 4.39 Å². The molecule has 1 N–H and O–H groups in total. The number of aromatic nitrogens is 1. The molecule has 4 nitrogen and oxygen atoms in total. The lowest BCUT2D eigenvalue weighted by atomic mass is 9.82. The Hall–Kier alpha value is -1.91. The van der Waals surface area contributed by atoms with Crippen LogP contribution in [0.1, 0.15) is 62.9 Å². The van der Waals surface area contributed by atoms with E-state index in [1.807, 2.05) is 26.8 Å². The second kappa shape index (κ2) is 5.13. The van der Waals surface area contributed by atoms with Crippen molar-refractivity contribution >= 4 is 11.5 Å². The summed E-state index contributed by atoms with van der Waals surface area (Å²) in [4.78, 5) is 11.6. The van der Waals surface area contributed by atoms with Crippen LogP contribution in [0, 0.1) is 5.92 Å². The summed E-state index contributed by atoms with van der Waals surface area (Å²) in [6.45, 7) is 8.48. The van der Waals surface area contributed by atoms with Crippen LogP contribution in [0.5, 0.6) is 0 Å². The van der Waals surface area contributed by atoms with Gasteiger partial charge in [0.2, 0.25) is 0 Å². The molecule has 0 spiro atoms. The number of aromatic carboxylic acids is 1. The largest absolute Gasteiger partial charge is 0.477 e. The predicted octanol–water partition coefficient (Wildman–Crippen LogP) is 4.34. The van der Waals surface area contributed by atoms with E-state index in [9.17, 15) is 14.3 Å². The average Bonchev–Trinajstić information content (AvgIpc) is 2.71. The lowest BCUT2D eigenvalue weighted by Gasteiger charge is -2.22. The van der Waals surface area contributed by atoms with Crippen LogP contribution in [0.2, 0.25) is 0 Å². The van der Waals surface area contributed by atoms with Gasteiger partial charge in [-0.3, -0.25) is 0 Å². The molecule has 114 valence electrons. The van der Waals surface area contributed by atoms with Gasteiger partial charge in [0.25, 0.3) is 0 Å². The average molecular weight is 293 g/mol. The Bertz CT molecular complexity index is 647. The van der Waals surface area contributed by atoms with Crippen molar-refractivity contribution in [2.75, 3.05) is 0 Å². The van der Waals surface area contributed by atoms with E-state index in [1.54, 1.807) is 0 Å². The van der Waals surface area contributed by atoms with Crippen LogP contribution in [-0.4, -0.2) is 16.2 Å². The van der Waals surface area contributed by atoms with Gasteiger partial charge in [0.05, 0.1) is 0 Å². The number of allylic oxidation sites excluding steroid dienone is 4. The fraction of sp³-hybridized carbons (Fsp3) is 0.500. The minimum absolute atomic E-state index is 0.119. The van der Waals surface area contributed by atoms with Crippen LogP contribution in [0.25, 0.3) is 5.57 Å². The second-order valence-corrected chi connectivity index (χ2v) is 6.21. The lowest BCUT2D eigenvalue weighted by molar-refractivity contribution is 0.0682. The minimum atomic E-state index is -1.89. The number of halogens is 1. The number of alkyl halides is 1. The van der Waals surface area contributed by atoms with Crippen LogP contribution < -0.4 is 0 Å². The molecule has 1 atom stereocenters. The van der Waals surface area contributed by atoms with Gasteiger partial charge in [-0.2, -0.15) is 0 Å². The molecule has 0 saturated carbocycles. The maximum atomic E-state index is 14.2. The molecule has 1 unspecified atom stereocenters. The first-order chi connectivity index (χ1) is 9.62. The molecule has 0 aliphatic heterocycles. The van der Waals surface area contributed by atoms with Crippen molar-refractivity contribution < 1.29 is 18.8 Å². The summed E-state index contributed by atoms with van der Waals surface area (Å²) in [5.74, 6) is -1.33. The predicted molar refractivity (Wildman–Crippen MR) is 77.7 cm³/mol. The highest BCUT2D eigenvalue weighted by atomic mass is 19.1. The third-order valence-electron chi connectivity index (χ3n) is 3.71. The van der Waals surface area contributed by atoms with Gasteiger partial charge < -0.3 is 9.63 Å². The Morgan fingerprint density at radius 3 is 2.57 bits per heavy atom. The van der Waals surface area contributed by atoms with E-state index in [-0.39, 0.29) is 22.9 Å². The number of carboxylic acids is 1. The van der Waals surface area contributed by atoms with E-state index in [1.165, 1.54) is 19.4 Å². The van der Waals surface area contributed by atoms with Gasteiger partial charge in [-0.25, -0.2) is 9.18 Å². The van der Waals surface area contributed by atoms with E-state index in [0.717, 1.165) is 17.6 Å². The molecule has 0 saturated heterocycles. The molecule has 1 aliphatic rings. The molecule has 5 heteroatoms. The molecule has 0 fully saturated rings. The summed E-state index contributed by atoms with van der Waals surface area (Å²) in [7, 11) is 0. The third kappa shape index (κ3) is 2.77. The Labute approximate surface area is 123 Å². The standard InChI is InChI=1S/C16H20FNO3/c1-8-6-9(2)11(10(3)7-8)13-12(15(19)20)14(21-18-13)16(4,5)17/h6,10H,7H2,1-5H3,(H,19,20). The number of carboxylic acid groups (broad SMARTS) is 1. The fourth-order valence-electron chi connectivity index (χ4n) is 2.98. The molecule has 2 rings (SSSR count). The molecule has 0 aromatic carbocycles. The Morgan fingerprint density at radius 2 is 2.10 bits per heavy atom. The topological polar surface area (TPSA) is 63.3 Å². The van der Waals surface area contributed by atoms with Crippen molar-refractivity contribution in [3.8, 4) is 0 Å². The molecular formula is C16H20FNO3. The van der Waals surface area contributed by atoms with Crippen molar-refractivity contribution in [2.24, 2.45) is 5.92 Å². The number of carbonyl (C=O) groups is 1. The molecule has 0 amide bonds. The van der Waals surface area contributed by atoms with Gasteiger partial charge in [-0.15, -0.1) is 0 Å². The molecule has 1 aromatic heterocycles. The highest BCUT2D eigenvalue weighted by Gasteiger charge is 2.36. The lowest BCUT2D eigenvalue weighted by Crippen LogP contribution is -2.16. The van der Waals surface area contributed by atoms with Crippen LogP contribution >= 0.6 is 0 Å². The van der Waals surface area contributed by atoms with Gasteiger partial charge >= 0.3 is 5.97 Å². The first-order valence-electron chi connectivity index (χ1n) is 6.93. The third-order valence-corrected chi connectivity index (χ3v) is 3.71. The molecule has 0 radical (unpaired) electrons. The smallest absolute Gasteiger partial charge is 0.341 e. The monoisotopic (exact) mass is 293 g/mol. The van der Waals surface area contributed by atoms with E-state index < -0.39 is 11.6 Å². The van der Waals surface area contributed by atoms with Crippen molar-refractivity contribution in [1.29, 1.82) is 0 Å². The molecular weight excluding hydrogens is 273 g/mol. The Morgan fingerprint density at radius 1 is 1.48 bits per heavy atom. The number of rotatable bonds is 3. The molecule has 1 heterocycles. The highest BCUT2D eigenvalue weighted by molar-refractivity contribution is 5.95. The summed E-state index contributed by atoms with van der Waals surface area (Å²) >= 11 is 0. The van der Waals surface area contributed by atoms with E-state index >= 15 is 0 Å². The van der Waals surface area contributed by atoms with Crippen molar-refractivity contribution in [3.05, 3.63) is 34.2 Å². The maximum absolute atomic E-state index is 14.2. The molecule has 21 heavy (non-hydrogen) atoms.